The number of carboxylic acid groups (broad SMARTS) is 1. The largest absolute Gasteiger partial charge is 0.496 e. The summed E-state index contributed by atoms with van der Waals surface area (Å²) in [4.78, 5) is 23.4. The minimum atomic E-state index is -1.16. The first-order valence-electron chi connectivity index (χ1n) is 9.14. The van der Waals surface area contributed by atoms with Gasteiger partial charge in [0.2, 0.25) is 5.76 Å². The molecule has 0 spiro atoms. The van der Waals surface area contributed by atoms with Gasteiger partial charge in [0.25, 0.3) is 5.91 Å². The molecule has 1 heterocycles. The van der Waals surface area contributed by atoms with Gasteiger partial charge in [0.15, 0.2) is 5.11 Å². The van der Waals surface area contributed by atoms with Crippen molar-refractivity contribution in [3.05, 3.63) is 71.5 Å². The van der Waals surface area contributed by atoms with E-state index in [1.807, 2.05) is 19.1 Å². The monoisotopic (exact) mass is 424 g/mol. The molecule has 1 aromatic heterocycles. The van der Waals surface area contributed by atoms with Gasteiger partial charge < -0.3 is 19.6 Å². The summed E-state index contributed by atoms with van der Waals surface area (Å²) in [6, 6.07) is 15.3. The first-order valence-corrected chi connectivity index (χ1v) is 9.55. The Hall–Kier alpha value is -3.65. The van der Waals surface area contributed by atoms with Crippen molar-refractivity contribution in [2.45, 2.75) is 13.3 Å². The number of ether oxygens (including phenoxy) is 1. The van der Waals surface area contributed by atoms with Crippen molar-refractivity contribution in [3.63, 3.8) is 0 Å². The Labute approximate surface area is 178 Å². The number of benzene rings is 2. The molecule has 1 amide bonds. The van der Waals surface area contributed by atoms with Crippen LogP contribution in [0.1, 0.15) is 33.4 Å². The Morgan fingerprint density at radius 3 is 2.43 bits per heavy atom. The Morgan fingerprint density at radius 1 is 1.10 bits per heavy atom. The second-order valence-electron chi connectivity index (χ2n) is 6.34. The lowest BCUT2D eigenvalue weighted by atomic mass is 10.1. The number of nitrogens with one attached hydrogen (secondary N) is 2. The van der Waals surface area contributed by atoms with Gasteiger partial charge in [0, 0.05) is 11.3 Å². The molecule has 0 radical (unpaired) electrons. The summed E-state index contributed by atoms with van der Waals surface area (Å²) in [6.45, 7) is 2.04. The van der Waals surface area contributed by atoms with Crippen LogP contribution in [0.2, 0.25) is 0 Å². The Morgan fingerprint density at radius 2 is 1.83 bits per heavy atom. The van der Waals surface area contributed by atoms with Crippen LogP contribution in [0.5, 0.6) is 5.75 Å². The van der Waals surface area contributed by atoms with Crippen molar-refractivity contribution in [2.75, 3.05) is 12.4 Å². The lowest BCUT2D eigenvalue weighted by Gasteiger charge is -2.12. The van der Waals surface area contributed by atoms with Crippen molar-refractivity contribution in [2.24, 2.45) is 0 Å². The first-order chi connectivity index (χ1) is 14.4. The van der Waals surface area contributed by atoms with Crippen molar-refractivity contribution < 1.29 is 23.8 Å². The van der Waals surface area contributed by atoms with Gasteiger partial charge in [-0.05, 0) is 66.7 Å². The molecule has 0 saturated heterocycles. The quantitative estimate of drug-likeness (QED) is 0.506. The van der Waals surface area contributed by atoms with E-state index in [0.717, 1.165) is 12.0 Å². The number of anilines is 1. The van der Waals surface area contributed by atoms with E-state index in [0.29, 0.717) is 28.3 Å². The van der Waals surface area contributed by atoms with Gasteiger partial charge >= 0.3 is 5.97 Å². The Kier molecular flexibility index (Phi) is 6.48. The molecule has 0 saturated carbocycles. The molecule has 0 aliphatic carbocycles. The van der Waals surface area contributed by atoms with Crippen molar-refractivity contribution in [3.8, 4) is 17.1 Å². The zero-order valence-corrected chi connectivity index (χ0v) is 17.2. The third-order valence-corrected chi connectivity index (χ3v) is 4.60. The minimum Gasteiger partial charge on any atom is -0.496 e. The Bertz CT molecular complexity index is 1090. The molecule has 0 bridgehead atoms. The van der Waals surface area contributed by atoms with E-state index >= 15 is 0 Å². The van der Waals surface area contributed by atoms with E-state index in [-0.39, 0.29) is 16.8 Å². The molecule has 7 nitrogen and oxygen atoms in total. The molecule has 0 aliphatic rings. The molecule has 3 N–H and O–H groups in total. The van der Waals surface area contributed by atoms with Crippen molar-refractivity contribution in [1.29, 1.82) is 0 Å². The average molecular weight is 424 g/mol. The average Bonchev–Trinajstić information content (AvgIpc) is 3.24. The fourth-order valence-corrected chi connectivity index (χ4v) is 3.02. The highest BCUT2D eigenvalue weighted by atomic mass is 32.1. The fraction of sp³-hybridized carbons (Fsp3) is 0.136. The molecule has 2 aromatic carbocycles. The number of thiocarbonyl (C=S) groups is 1. The van der Waals surface area contributed by atoms with Crippen LogP contribution in [0.3, 0.4) is 0 Å². The van der Waals surface area contributed by atoms with Crippen LogP contribution >= 0.6 is 12.2 Å². The van der Waals surface area contributed by atoms with E-state index in [2.05, 4.69) is 10.6 Å². The predicted octanol–water partition coefficient (Wildman–Crippen LogP) is 4.34. The Balaban J connectivity index is 1.74. The summed E-state index contributed by atoms with van der Waals surface area (Å²) in [5.41, 5.74) is 2.76. The van der Waals surface area contributed by atoms with Crippen molar-refractivity contribution in [1.82, 2.24) is 5.32 Å². The standard InChI is InChI=1S/C22H20N2O5S/c1-3-13-4-6-14(7-5-13)20(25)24-22(30)23-15-8-9-17(28-2)16(12-15)18-10-11-19(29-18)21(26)27/h4-12H,3H2,1-2H3,(H,26,27)(H2,23,24,25,30). The molecular weight excluding hydrogens is 404 g/mol. The van der Waals surface area contributed by atoms with Gasteiger partial charge in [0.05, 0.1) is 12.7 Å². The highest BCUT2D eigenvalue weighted by molar-refractivity contribution is 7.80. The topological polar surface area (TPSA) is 101 Å². The predicted molar refractivity (Wildman–Crippen MR) is 117 cm³/mol. The number of carboxylic acids is 1. The summed E-state index contributed by atoms with van der Waals surface area (Å²) in [7, 11) is 1.50. The summed E-state index contributed by atoms with van der Waals surface area (Å²) in [5.74, 6) is -0.828. The number of furan rings is 1. The van der Waals surface area contributed by atoms with Gasteiger partial charge in [-0.1, -0.05) is 19.1 Å². The molecule has 0 aliphatic heterocycles. The highest BCUT2D eigenvalue weighted by Gasteiger charge is 2.15. The van der Waals surface area contributed by atoms with E-state index in [1.54, 1.807) is 36.4 Å². The van der Waals surface area contributed by atoms with E-state index in [4.69, 9.17) is 26.5 Å². The third kappa shape index (κ3) is 4.84. The minimum absolute atomic E-state index is 0.126. The molecule has 3 aromatic rings. The van der Waals surface area contributed by atoms with E-state index in [1.165, 1.54) is 13.2 Å². The highest BCUT2D eigenvalue weighted by Crippen LogP contribution is 2.33. The first kappa shape index (κ1) is 21.1. The number of rotatable bonds is 6. The van der Waals surface area contributed by atoms with Gasteiger partial charge in [0.1, 0.15) is 11.5 Å². The normalized spacial score (nSPS) is 10.3. The molecule has 0 unspecified atom stereocenters. The van der Waals surface area contributed by atoms with Gasteiger partial charge in [-0.15, -0.1) is 0 Å². The number of hydrogen-bond acceptors (Lipinski definition) is 5. The maximum absolute atomic E-state index is 12.4. The number of aromatic carboxylic acids is 1. The van der Waals surface area contributed by atoms with Crippen LogP contribution in [-0.4, -0.2) is 29.2 Å². The summed E-state index contributed by atoms with van der Waals surface area (Å²) in [5, 5.41) is 14.8. The second kappa shape index (κ2) is 9.23. The second-order valence-corrected chi connectivity index (χ2v) is 6.75. The molecular formula is C22H20N2O5S. The van der Waals surface area contributed by atoms with E-state index < -0.39 is 5.97 Å². The lowest BCUT2D eigenvalue weighted by molar-refractivity contribution is 0.0663. The molecule has 154 valence electrons. The van der Waals surface area contributed by atoms with Crippen LogP contribution in [0, 0.1) is 0 Å². The van der Waals surface area contributed by atoms with Crippen LogP contribution in [0.25, 0.3) is 11.3 Å². The maximum Gasteiger partial charge on any atom is 0.371 e. The smallest absolute Gasteiger partial charge is 0.371 e. The third-order valence-electron chi connectivity index (χ3n) is 4.39. The molecule has 0 fully saturated rings. The molecule has 0 atom stereocenters. The maximum atomic E-state index is 12.4. The summed E-state index contributed by atoms with van der Waals surface area (Å²) >= 11 is 5.24. The number of hydrogen-bond donors (Lipinski definition) is 3. The molecule has 3 rings (SSSR count). The fourth-order valence-electron chi connectivity index (χ4n) is 2.81. The number of aryl methyl sites for hydroxylation is 1. The van der Waals surface area contributed by atoms with Gasteiger partial charge in [-0.3, -0.25) is 10.1 Å². The van der Waals surface area contributed by atoms with Crippen LogP contribution < -0.4 is 15.4 Å². The summed E-state index contributed by atoms with van der Waals surface area (Å²) in [6.07, 6.45) is 0.894. The van der Waals surface area contributed by atoms with Crippen LogP contribution in [0.15, 0.2) is 59.0 Å². The zero-order valence-electron chi connectivity index (χ0n) is 16.4. The van der Waals surface area contributed by atoms with Crippen molar-refractivity contribution >= 4 is 34.9 Å². The number of carbonyl (C=O) groups excluding carboxylic acids is 1. The van der Waals surface area contributed by atoms with Gasteiger partial charge in [-0.25, -0.2) is 4.79 Å². The lowest BCUT2D eigenvalue weighted by Crippen LogP contribution is -2.34. The SMILES string of the molecule is CCc1ccc(C(=O)NC(=S)Nc2ccc(OC)c(-c3ccc(C(=O)O)o3)c2)cc1. The molecule has 8 heteroatoms. The number of carbonyl (C=O) groups is 2. The zero-order chi connectivity index (χ0) is 21.7. The number of amides is 1. The van der Waals surface area contributed by atoms with Gasteiger partial charge in [-0.2, -0.15) is 0 Å². The van der Waals surface area contributed by atoms with Crippen LogP contribution in [0.4, 0.5) is 5.69 Å². The molecule has 30 heavy (non-hydrogen) atoms. The summed E-state index contributed by atoms with van der Waals surface area (Å²) < 4.78 is 10.7. The van der Waals surface area contributed by atoms with E-state index in [9.17, 15) is 9.59 Å². The number of methoxy groups -OCH3 is 1. The van der Waals surface area contributed by atoms with Crippen LogP contribution in [-0.2, 0) is 6.42 Å².